The second-order valence-electron chi connectivity index (χ2n) is 13.9. The minimum absolute atomic E-state index is 0.00466. The lowest BCUT2D eigenvalue weighted by atomic mass is 9.92. The van der Waals surface area contributed by atoms with Crippen LogP contribution in [0.5, 0.6) is 0 Å². The zero-order chi connectivity index (χ0) is 39.0. The Bertz CT molecular complexity index is 1810. The van der Waals surface area contributed by atoms with Crippen molar-refractivity contribution in [2.45, 2.75) is 70.4 Å². The number of hydrogen-bond donors (Lipinski definition) is 6. The number of aliphatic hydroxyl groups excluding tert-OH is 1. The van der Waals surface area contributed by atoms with E-state index in [0.717, 1.165) is 35.0 Å². The lowest BCUT2D eigenvalue weighted by Crippen LogP contribution is -2.58. The van der Waals surface area contributed by atoms with Gasteiger partial charge in [0.2, 0.25) is 17.7 Å². The quantitative estimate of drug-likeness (QED) is 0.0837. The summed E-state index contributed by atoms with van der Waals surface area (Å²) in [5.74, 6) is -1.71. The summed E-state index contributed by atoms with van der Waals surface area (Å²) in [6.45, 7) is 7.85. The molecule has 0 radical (unpaired) electrons. The average Bonchev–Trinajstić information content (AvgIpc) is 3.72. The molecule has 14 heteroatoms. The largest absolute Gasteiger partial charge is 0.445 e. The van der Waals surface area contributed by atoms with Crippen molar-refractivity contribution in [3.05, 3.63) is 102 Å². The van der Waals surface area contributed by atoms with Gasteiger partial charge in [-0.25, -0.2) is 9.78 Å². The highest BCUT2D eigenvalue weighted by atomic mass is 16.5. The number of rotatable bonds is 19. The fourth-order valence-corrected chi connectivity index (χ4v) is 6.60. The Labute approximate surface area is 321 Å². The lowest BCUT2D eigenvalue weighted by Gasteiger charge is -2.31. The molecular weight excluding hydrogens is 702 g/mol. The number of amides is 4. The molecule has 0 aliphatic carbocycles. The van der Waals surface area contributed by atoms with Crippen LogP contribution in [-0.2, 0) is 43.3 Å². The minimum Gasteiger partial charge on any atom is -0.445 e. The third kappa shape index (κ3) is 12.6. The first-order chi connectivity index (χ1) is 26.7. The molecule has 1 saturated heterocycles. The molecule has 3 unspecified atom stereocenters. The zero-order valence-corrected chi connectivity index (χ0v) is 31.5. The van der Waals surface area contributed by atoms with Gasteiger partial charge in [-0.1, -0.05) is 93.1 Å². The summed E-state index contributed by atoms with van der Waals surface area (Å²) in [7, 11) is 0. The molecule has 294 valence electrons. The molecule has 3 aromatic carbocycles. The van der Waals surface area contributed by atoms with Crippen LogP contribution in [0.15, 0.2) is 85.3 Å². The first-order valence-corrected chi connectivity index (χ1v) is 19.0. The van der Waals surface area contributed by atoms with Crippen LogP contribution in [-0.4, -0.2) is 107 Å². The number of nitrogens with zero attached hydrogens (tertiary/aromatic N) is 2. The van der Waals surface area contributed by atoms with Gasteiger partial charge < -0.3 is 40.8 Å². The number of imidazole rings is 1. The van der Waals surface area contributed by atoms with E-state index in [0.29, 0.717) is 38.4 Å². The van der Waals surface area contributed by atoms with Crippen molar-refractivity contribution in [3.8, 4) is 0 Å². The topological polar surface area (TPSA) is 187 Å². The Morgan fingerprint density at radius 2 is 1.62 bits per heavy atom. The van der Waals surface area contributed by atoms with Crippen LogP contribution in [0.25, 0.3) is 10.8 Å². The van der Waals surface area contributed by atoms with Crippen molar-refractivity contribution in [2.24, 2.45) is 5.92 Å². The fourth-order valence-electron chi connectivity index (χ4n) is 6.60. The van der Waals surface area contributed by atoms with E-state index >= 15 is 0 Å². The van der Waals surface area contributed by atoms with Crippen molar-refractivity contribution in [3.63, 3.8) is 0 Å². The van der Waals surface area contributed by atoms with Crippen LogP contribution < -0.4 is 21.3 Å². The number of aromatic nitrogens is 2. The van der Waals surface area contributed by atoms with Gasteiger partial charge in [0.25, 0.3) is 0 Å². The van der Waals surface area contributed by atoms with Gasteiger partial charge in [0.1, 0.15) is 18.7 Å². The number of aromatic amines is 1. The maximum Gasteiger partial charge on any atom is 0.408 e. The first-order valence-electron chi connectivity index (χ1n) is 19.0. The molecule has 5 atom stereocenters. The molecule has 1 aliphatic heterocycles. The number of carbonyl (C=O) groups is 4. The van der Waals surface area contributed by atoms with Gasteiger partial charge in [-0.3, -0.25) is 19.3 Å². The molecule has 55 heavy (non-hydrogen) atoms. The normalized spacial score (nSPS) is 15.9. The molecule has 2 heterocycles. The van der Waals surface area contributed by atoms with Crippen molar-refractivity contribution >= 4 is 34.6 Å². The van der Waals surface area contributed by atoms with Gasteiger partial charge in [-0.15, -0.1) is 0 Å². The van der Waals surface area contributed by atoms with E-state index in [9.17, 15) is 24.3 Å². The Morgan fingerprint density at radius 1 is 0.909 bits per heavy atom. The average molecular weight is 756 g/mol. The number of aliphatic hydroxyl groups is 1. The molecule has 1 fully saturated rings. The summed E-state index contributed by atoms with van der Waals surface area (Å²) in [6, 6.07) is 19.6. The summed E-state index contributed by atoms with van der Waals surface area (Å²) in [6.07, 6.45) is 1.65. The first kappa shape index (κ1) is 40.9. The van der Waals surface area contributed by atoms with E-state index in [2.05, 4.69) is 36.1 Å². The molecule has 0 spiro atoms. The highest BCUT2D eigenvalue weighted by molar-refractivity contribution is 5.93. The second-order valence-corrected chi connectivity index (χ2v) is 13.9. The standard InChI is InChI=1S/C41H53N7O7/c1-3-28(2)38(36(49)24-37(50)43-16-17-48-18-20-54-21-19-48)47-40(52)35(23-32-25-42-27-44-32)45-39(51)34(46-41(53)55-26-29-10-5-4-6-11-29)22-31-14-9-13-30-12-7-8-15-33(30)31/h4-15,25,27-28,34-36,38,49H,3,16-24,26H2,1-2H3,(H,42,44)(H,43,50)(H,45,51)(H,46,53)(H,47,52)/t28?,34-,35-,36?,38?/m0/s1. The van der Waals surface area contributed by atoms with Crippen LogP contribution in [0.3, 0.4) is 0 Å². The van der Waals surface area contributed by atoms with Crippen molar-refractivity contribution < 1.29 is 33.8 Å². The number of benzene rings is 3. The fraction of sp³-hybridized carbons (Fsp3) is 0.439. The number of carbonyl (C=O) groups excluding carboxylic acids is 4. The van der Waals surface area contributed by atoms with Crippen LogP contribution in [0.2, 0.25) is 0 Å². The van der Waals surface area contributed by atoms with Gasteiger partial charge in [0, 0.05) is 45.2 Å². The predicted octanol–water partition coefficient (Wildman–Crippen LogP) is 2.86. The molecule has 4 amide bonds. The molecule has 4 aromatic rings. The zero-order valence-electron chi connectivity index (χ0n) is 31.5. The Hall–Kier alpha value is -5.31. The SMILES string of the molecule is CCC(C)C(NC(=O)[C@H](Cc1c[nH]cn1)NC(=O)[C@H](Cc1cccc2ccccc12)NC(=O)OCc1ccccc1)C(O)CC(=O)NCCN1CCOCC1. The van der Waals surface area contributed by atoms with Crippen LogP contribution in [0.4, 0.5) is 4.79 Å². The highest BCUT2D eigenvalue weighted by Crippen LogP contribution is 2.21. The van der Waals surface area contributed by atoms with Crippen molar-refractivity contribution in [2.75, 3.05) is 39.4 Å². The van der Waals surface area contributed by atoms with E-state index in [1.54, 1.807) is 6.20 Å². The minimum atomic E-state index is -1.19. The Morgan fingerprint density at radius 3 is 2.36 bits per heavy atom. The number of ether oxygens (including phenoxy) is 2. The van der Waals surface area contributed by atoms with Gasteiger partial charge >= 0.3 is 6.09 Å². The number of nitrogens with one attached hydrogen (secondary N) is 5. The summed E-state index contributed by atoms with van der Waals surface area (Å²) in [4.78, 5) is 63.7. The Kier molecular flexibility index (Phi) is 15.6. The van der Waals surface area contributed by atoms with Crippen LogP contribution in [0, 0.1) is 5.92 Å². The van der Waals surface area contributed by atoms with Crippen molar-refractivity contribution in [1.29, 1.82) is 0 Å². The number of hydrogen-bond acceptors (Lipinski definition) is 9. The van der Waals surface area contributed by atoms with E-state index in [4.69, 9.17) is 9.47 Å². The maximum absolute atomic E-state index is 14.2. The van der Waals surface area contributed by atoms with Crippen LogP contribution in [0.1, 0.15) is 43.5 Å². The molecule has 5 rings (SSSR count). The lowest BCUT2D eigenvalue weighted by molar-refractivity contribution is -0.131. The van der Waals surface area contributed by atoms with E-state index in [-0.39, 0.29) is 37.7 Å². The number of morpholine rings is 1. The van der Waals surface area contributed by atoms with Crippen molar-refractivity contribution in [1.82, 2.24) is 36.1 Å². The highest BCUT2D eigenvalue weighted by Gasteiger charge is 2.33. The number of fused-ring (bicyclic) bond motifs is 1. The van der Waals surface area contributed by atoms with Gasteiger partial charge in [0.05, 0.1) is 43.8 Å². The third-order valence-corrected chi connectivity index (χ3v) is 9.96. The molecule has 6 N–H and O–H groups in total. The molecule has 1 aromatic heterocycles. The summed E-state index contributed by atoms with van der Waals surface area (Å²) in [5.41, 5.74) is 2.12. The third-order valence-electron chi connectivity index (χ3n) is 9.96. The number of alkyl carbamates (subject to hydrolysis) is 1. The second kappa shape index (κ2) is 21.0. The number of H-pyrrole nitrogens is 1. The predicted molar refractivity (Wildman–Crippen MR) is 208 cm³/mol. The molecular formula is C41H53N7O7. The van der Waals surface area contributed by atoms with Gasteiger partial charge in [-0.2, -0.15) is 0 Å². The van der Waals surface area contributed by atoms with E-state index in [1.807, 2.05) is 86.6 Å². The molecule has 0 saturated carbocycles. The van der Waals surface area contributed by atoms with E-state index < -0.39 is 42.1 Å². The Balaban J connectivity index is 1.30. The van der Waals surface area contributed by atoms with Gasteiger partial charge in [-0.05, 0) is 27.8 Å². The molecule has 0 bridgehead atoms. The monoisotopic (exact) mass is 755 g/mol. The maximum atomic E-state index is 14.2. The molecule has 14 nitrogen and oxygen atoms in total. The van der Waals surface area contributed by atoms with Crippen LogP contribution >= 0.6 is 0 Å². The smallest absolute Gasteiger partial charge is 0.408 e. The summed E-state index contributed by atoms with van der Waals surface area (Å²) >= 11 is 0. The van der Waals surface area contributed by atoms with Gasteiger partial charge in [0.15, 0.2) is 0 Å². The van der Waals surface area contributed by atoms with E-state index in [1.165, 1.54) is 6.33 Å². The summed E-state index contributed by atoms with van der Waals surface area (Å²) < 4.78 is 10.9. The molecule has 1 aliphatic rings. The summed E-state index contributed by atoms with van der Waals surface area (Å²) in [5, 5.41) is 24.6.